The average Bonchev–Trinajstić information content (AvgIpc) is 2.70. The van der Waals surface area contributed by atoms with Crippen LogP contribution in [-0.2, 0) is 4.79 Å². The summed E-state index contributed by atoms with van der Waals surface area (Å²) < 4.78 is 0. The van der Waals surface area contributed by atoms with Crippen LogP contribution in [0.5, 0.6) is 0 Å². The predicted octanol–water partition coefficient (Wildman–Crippen LogP) is 2.47. The van der Waals surface area contributed by atoms with Crippen LogP contribution in [0.25, 0.3) is 0 Å². The maximum absolute atomic E-state index is 12.3. The third-order valence-corrected chi connectivity index (χ3v) is 5.16. The van der Waals surface area contributed by atoms with E-state index in [0.717, 1.165) is 0 Å². The van der Waals surface area contributed by atoms with Gasteiger partial charge in [0.2, 0.25) is 0 Å². The topological polar surface area (TPSA) is 69.6 Å². The maximum atomic E-state index is 12.3. The van der Waals surface area contributed by atoms with Gasteiger partial charge in [0.25, 0.3) is 0 Å². The smallest absolute Gasteiger partial charge is 0.327 e. The largest absolute Gasteiger partial charge is 0.480 e. The van der Waals surface area contributed by atoms with Crippen molar-refractivity contribution in [2.24, 2.45) is 17.8 Å². The van der Waals surface area contributed by atoms with Gasteiger partial charge in [-0.2, -0.15) is 0 Å². The van der Waals surface area contributed by atoms with E-state index >= 15 is 0 Å². The lowest BCUT2D eigenvalue weighted by atomic mass is 9.85. The van der Waals surface area contributed by atoms with Gasteiger partial charge in [-0.3, -0.25) is 4.90 Å². The zero-order chi connectivity index (χ0) is 15.4. The monoisotopic (exact) mass is 302 g/mol. The summed E-state index contributed by atoms with van der Waals surface area (Å²) in [4.78, 5) is 24.9. The van der Waals surface area contributed by atoms with Gasteiger partial charge in [-0.15, -0.1) is 11.8 Å². The van der Waals surface area contributed by atoms with Crippen LogP contribution in [0.15, 0.2) is 0 Å². The Labute approximate surface area is 125 Å². The number of nitrogens with one attached hydrogen (secondary N) is 1. The standard InChI is InChI=1S/C14H26N2O3S/c1-8(2)11(9(3)4)6-15-14(19)16-10(5)20-7-12(16)13(17)18/h8-12H,6-7H2,1-5H3,(H,15,19)(H,17,18). The van der Waals surface area contributed by atoms with E-state index in [4.69, 9.17) is 5.11 Å². The Balaban J connectivity index is 2.63. The van der Waals surface area contributed by atoms with Crippen molar-refractivity contribution in [2.45, 2.75) is 46.0 Å². The molecule has 6 heteroatoms. The SMILES string of the molecule is CC(C)C(CNC(=O)N1C(C)SCC1C(=O)O)C(C)C. The number of hydrogen-bond donors (Lipinski definition) is 2. The number of carboxylic acid groups (broad SMARTS) is 1. The normalized spacial score (nSPS) is 22.9. The highest BCUT2D eigenvalue weighted by Gasteiger charge is 2.39. The molecule has 20 heavy (non-hydrogen) atoms. The second kappa shape index (κ2) is 7.20. The van der Waals surface area contributed by atoms with Gasteiger partial charge in [0.15, 0.2) is 0 Å². The first kappa shape index (κ1) is 17.1. The summed E-state index contributed by atoms with van der Waals surface area (Å²) >= 11 is 1.50. The quantitative estimate of drug-likeness (QED) is 0.818. The second-order valence-electron chi connectivity index (χ2n) is 6.03. The van der Waals surface area contributed by atoms with E-state index in [1.54, 1.807) is 0 Å². The molecule has 1 aliphatic rings. The molecular formula is C14H26N2O3S. The van der Waals surface area contributed by atoms with Gasteiger partial charge in [-0.1, -0.05) is 27.7 Å². The second-order valence-corrected chi connectivity index (χ2v) is 7.38. The molecule has 116 valence electrons. The highest BCUT2D eigenvalue weighted by Crippen LogP contribution is 2.29. The molecule has 0 aliphatic carbocycles. The van der Waals surface area contributed by atoms with Crippen molar-refractivity contribution in [2.75, 3.05) is 12.3 Å². The Morgan fingerprint density at radius 3 is 2.30 bits per heavy atom. The molecule has 0 bridgehead atoms. The summed E-state index contributed by atoms with van der Waals surface area (Å²) in [6.45, 7) is 11.0. The van der Waals surface area contributed by atoms with E-state index in [2.05, 4.69) is 33.0 Å². The number of aliphatic carboxylic acids is 1. The molecule has 1 heterocycles. The van der Waals surface area contributed by atoms with Gasteiger partial charge >= 0.3 is 12.0 Å². The van der Waals surface area contributed by atoms with Crippen molar-refractivity contribution in [1.82, 2.24) is 10.2 Å². The highest BCUT2D eigenvalue weighted by atomic mass is 32.2. The van der Waals surface area contributed by atoms with E-state index in [0.29, 0.717) is 30.1 Å². The molecule has 0 saturated carbocycles. The van der Waals surface area contributed by atoms with Crippen LogP contribution in [0.2, 0.25) is 0 Å². The molecule has 5 nitrogen and oxygen atoms in total. The van der Waals surface area contributed by atoms with Crippen LogP contribution < -0.4 is 5.32 Å². The number of carbonyl (C=O) groups excluding carboxylic acids is 1. The van der Waals surface area contributed by atoms with E-state index in [-0.39, 0.29) is 11.4 Å². The number of amides is 2. The number of carboxylic acids is 1. The zero-order valence-corrected chi connectivity index (χ0v) is 13.7. The number of rotatable bonds is 5. The fourth-order valence-electron chi connectivity index (χ4n) is 2.68. The van der Waals surface area contributed by atoms with Crippen molar-refractivity contribution in [3.8, 4) is 0 Å². The summed E-state index contributed by atoms with van der Waals surface area (Å²) in [5, 5.41) is 12.0. The van der Waals surface area contributed by atoms with Crippen molar-refractivity contribution < 1.29 is 14.7 Å². The number of carbonyl (C=O) groups is 2. The molecule has 2 atom stereocenters. The van der Waals surface area contributed by atoms with Crippen LogP contribution in [0.4, 0.5) is 4.79 Å². The van der Waals surface area contributed by atoms with Gasteiger partial charge < -0.3 is 10.4 Å². The molecule has 1 fully saturated rings. The first-order chi connectivity index (χ1) is 9.25. The van der Waals surface area contributed by atoms with Crippen molar-refractivity contribution >= 4 is 23.8 Å². The predicted molar refractivity (Wildman–Crippen MR) is 81.7 cm³/mol. The summed E-state index contributed by atoms with van der Waals surface area (Å²) in [5.41, 5.74) is 0. The molecule has 2 N–H and O–H groups in total. The number of hydrogen-bond acceptors (Lipinski definition) is 3. The highest BCUT2D eigenvalue weighted by molar-refractivity contribution is 8.00. The molecule has 2 unspecified atom stereocenters. The lowest BCUT2D eigenvalue weighted by Crippen LogP contribution is -2.50. The van der Waals surface area contributed by atoms with Crippen molar-refractivity contribution in [3.05, 3.63) is 0 Å². The maximum Gasteiger partial charge on any atom is 0.327 e. The fraction of sp³-hybridized carbons (Fsp3) is 0.857. The Hall–Kier alpha value is -0.910. The molecular weight excluding hydrogens is 276 g/mol. The molecule has 2 amide bonds. The van der Waals surface area contributed by atoms with Crippen LogP contribution in [0, 0.1) is 17.8 Å². The van der Waals surface area contributed by atoms with E-state index in [1.807, 2.05) is 6.92 Å². The average molecular weight is 302 g/mol. The van der Waals surface area contributed by atoms with Gasteiger partial charge in [-0.25, -0.2) is 9.59 Å². The molecule has 1 saturated heterocycles. The van der Waals surface area contributed by atoms with Gasteiger partial charge in [-0.05, 0) is 24.7 Å². The Morgan fingerprint density at radius 2 is 1.85 bits per heavy atom. The number of urea groups is 1. The molecule has 0 spiro atoms. The number of nitrogens with zero attached hydrogens (tertiary/aromatic N) is 1. The molecule has 1 rings (SSSR count). The van der Waals surface area contributed by atoms with E-state index in [9.17, 15) is 9.59 Å². The summed E-state index contributed by atoms with van der Waals surface area (Å²) in [7, 11) is 0. The third-order valence-electron chi connectivity index (χ3n) is 3.94. The summed E-state index contributed by atoms with van der Waals surface area (Å²) in [6, 6.07) is -0.979. The van der Waals surface area contributed by atoms with Crippen molar-refractivity contribution in [1.29, 1.82) is 0 Å². The third kappa shape index (κ3) is 4.04. The van der Waals surface area contributed by atoms with Crippen LogP contribution in [0.1, 0.15) is 34.6 Å². The minimum absolute atomic E-state index is 0.0901. The van der Waals surface area contributed by atoms with E-state index < -0.39 is 12.0 Å². The lowest BCUT2D eigenvalue weighted by Gasteiger charge is -2.29. The molecule has 0 aromatic rings. The lowest BCUT2D eigenvalue weighted by molar-refractivity contribution is -0.141. The van der Waals surface area contributed by atoms with Crippen LogP contribution in [0.3, 0.4) is 0 Å². The Morgan fingerprint density at radius 1 is 1.30 bits per heavy atom. The minimum Gasteiger partial charge on any atom is -0.480 e. The van der Waals surface area contributed by atoms with Gasteiger partial charge in [0, 0.05) is 12.3 Å². The van der Waals surface area contributed by atoms with E-state index in [1.165, 1.54) is 16.7 Å². The number of thioether (sulfide) groups is 1. The van der Waals surface area contributed by atoms with Gasteiger partial charge in [0.05, 0.1) is 5.37 Å². The van der Waals surface area contributed by atoms with Crippen molar-refractivity contribution in [3.63, 3.8) is 0 Å². The zero-order valence-electron chi connectivity index (χ0n) is 12.9. The molecule has 0 aromatic heterocycles. The minimum atomic E-state index is -0.929. The Kier molecular flexibility index (Phi) is 6.17. The van der Waals surface area contributed by atoms with Crippen LogP contribution >= 0.6 is 11.8 Å². The Bertz CT molecular complexity index is 352. The summed E-state index contributed by atoms with van der Waals surface area (Å²) in [5.74, 6) is 0.891. The fourth-order valence-corrected chi connectivity index (χ4v) is 3.85. The van der Waals surface area contributed by atoms with Crippen LogP contribution in [-0.4, -0.2) is 45.7 Å². The summed E-state index contributed by atoms with van der Waals surface area (Å²) in [6.07, 6.45) is 0. The molecule has 0 radical (unpaired) electrons. The molecule has 1 aliphatic heterocycles. The molecule has 0 aromatic carbocycles. The van der Waals surface area contributed by atoms with Gasteiger partial charge in [0.1, 0.15) is 6.04 Å². The first-order valence-corrected chi connectivity index (χ1v) is 8.21. The first-order valence-electron chi connectivity index (χ1n) is 7.16.